The van der Waals surface area contributed by atoms with E-state index in [1.807, 2.05) is 6.92 Å². The maximum absolute atomic E-state index is 12.8. The van der Waals surface area contributed by atoms with Crippen LogP contribution in [-0.2, 0) is 4.79 Å². The zero-order valence-electron chi connectivity index (χ0n) is 14.4. The van der Waals surface area contributed by atoms with Crippen molar-refractivity contribution >= 4 is 28.4 Å². The zero-order valence-corrected chi connectivity index (χ0v) is 15.2. The second kappa shape index (κ2) is 7.73. The lowest BCUT2D eigenvalue weighted by Crippen LogP contribution is -2.45. The lowest BCUT2D eigenvalue weighted by Gasteiger charge is -2.24. The van der Waals surface area contributed by atoms with E-state index in [0.29, 0.717) is 28.6 Å². The minimum atomic E-state index is -0.991. The summed E-state index contributed by atoms with van der Waals surface area (Å²) in [5.74, 6) is -0.00798. The van der Waals surface area contributed by atoms with Gasteiger partial charge in [0.25, 0.3) is 5.56 Å². The summed E-state index contributed by atoms with van der Waals surface area (Å²) in [6.45, 7) is 5.29. The number of H-pyrrole nitrogens is 1. The quantitative estimate of drug-likeness (QED) is 0.347. The standard InChI is InChI=1S/C16H22N4O4S/c1-4-5-11(12-6-10(21)7-13(22)17-12)18-15(23)16(3)8-25-14(19-16)9(2)20-24/h6-7,11,24H,4-5,8H2,1-3H3,(H,18,23)(H2,17,21,22)/b20-9+/t11-,16+/m1/s1. The van der Waals surface area contributed by atoms with Gasteiger partial charge < -0.3 is 20.6 Å². The van der Waals surface area contributed by atoms with Gasteiger partial charge in [0.2, 0.25) is 5.91 Å². The molecule has 0 unspecified atom stereocenters. The molecule has 4 N–H and O–H groups in total. The number of carbonyl (C=O) groups is 1. The Balaban J connectivity index is 2.23. The molecule has 1 aliphatic rings. The van der Waals surface area contributed by atoms with Crippen LogP contribution >= 0.6 is 11.8 Å². The zero-order chi connectivity index (χ0) is 18.6. The minimum absolute atomic E-state index is 0.146. The van der Waals surface area contributed by atoms with Crippen molar-refractivity contribution in [2.24, 2.45) is 10.1 Å². The normalized spacial score (nSPS) is 21.7. The van der Waals surface area contributed by atoms with Crippen molar-refractivity contribution in [2.75, 3.05) is 5.75 Å². The summed E-state index contributed by atoms with van der Waals surface area (Å²) in [6, 6.07) is 2.08. The highest BCUT2D eigenvalue weighted by atomic mass is 32.2. The molecule has 9 heteroatoms. The molecular weight excluding hydrogens is 344 g/mol. The second-order valence-corrected chi connectivity index (χ2v) is 7.10. The lowest BCUT2D eigenvalue weighted by atomic mass is 10.0. The van der Waals surface area contributed by atoms with Crippen LogP contribution in [0, 0.1) is 0 Å². The summed E-state index contributed by atoms with van der Waals surface area (Å²) in [5.41, 5.74) is -0.603. The number of nitrogens with one attached hydrogen (secondary N) is 2. The molecule has 1 aliphatic heterocycles. The van der Waals surface area contributed by atoms with Gasteiger partial charge in [-0.05, 0) is 20.3 Å². The Bertz CT molecular complexity index is 774. The molecule has 8 nitrogen and oxygen atoms in total. The van der Waals surface area contributed by atoms with Crippen LogP contribution in [0.2, 0.25) is 0 Å². The highest BCUT2D eigenvalue weighted by molar-refractivity contribution is 8.16. The van der Waals surface area contributed by atoms with Crippen molar-refractivity contribution in [3.8, 4) is 5.75 Å². The Kier molecular flexibility index (Phi) is 5.89. The van der Waals surface area contributed by atoms with Crippen LogP contribution in [0.25, 0.3) is 0 Å². The van der Waals surface area contributed by atoms with Crippen molar-refractivity contribution in [2.45, 2.75) is 45.2 Å². The fraction of sp³-hybridized carbons (Fsp3) is 0.500. The molecule has 0 saturated heterocycles. The van der Waals surface area contributed by atoms with Crippen LogP contribution in [0.1, 0.15) is 45.3 Å². The fourth-order valence-corrected chi connectivity index (χ4v) is 3.62. The summed E-state index contributed by atoms with van der Waals surface area (Å²) >= 11 is 1.35. The van der Waals surface area contributed by atoms with E-state index in [-0.39, 0.29) is 11.7 Å². The number of hydrogen-bond donors (Lipinski definition) is 4. The molecule has 0 aromatic carbocycles. The van der Waals surface area contributed by atoms with Crippen LogP contribution < -0.4 is 10.9 Å². The lowest BCUT2D eigenvalue weighted by molar-refractivity contribution is -0.125. The number of pyridine rings is 1. The molecule has 0 fully saturated rings. The number of hydrogen-bond acceptors (Lipinski definition) is 7. The van der Waals surface area contributed by atoms with E-state index < -0.39 is 17.1 Å². The highest BCUT2D eigenvalue weighted by Crippen LogP contribution is 2.30. The van der Waals surface area contributed by atoms with Crippen LogP contribution in [0.15, 0.2) is 27.1 Å². The summed E-state index contributed by atoms with van der Waals surface area (Å²) in [4.78, 5) is 31.4. The number of carbonyl (C=O) groups excluding carboxylic acids is 1. The number of aromatic hydroxyl groups is 1. The molecule has 136 valence electrons. The van der Waals surface area contributed by atoms with E-state index in [1.54, 1.807) is 13.8 Å². The van der Waals surface area contributed by atoms with Gasteiger partial charge in [0.05, 0.1) is 6.04 Å². The van der Waals surface area contributed by atoms with E-state index >= 15 is 0 Å². The van der Waals surface area contributed by atoms with Crippen LogP contribution in [0.4, 0.5) is 0 Å². The highest BCUT2D eigenvalue weighted by Gasteiger charge is 2.39. The monoisotopic (exact) mass is 366 g/mol. The second-order valence-electron chi connectivity index (χ2n) is 6.14. The van der Waals surface area contributed by atoms with Crippen LogP contribution in [-0.4, -0.2) is 43.3 Å². The number of aromatic amines is 1. The molecule has 0 saturated carbocycles. The Morgan fingerprint density at radius 2 is 2.28 bits per heavy atom. The molecule has 25 heavy (non-hydrogen) atoms. The molecule has 0 aliphatic carbocycles. The summed E-state index contributed by atoms with van der Waals surface area (Å²) in [7, 11) is 0. The first-order valence-corrected chi connectivity index (χ1v) is 8.93. The van der Waals surface area contributed by atoms with Crippen molar-refractivity contribution in [3.05, 3.63) is 28.2 Å². The van der Waals surface area contributed by atoms with E-state index in [9.17, 15) is 14.7 Å². The third kappa shape index (κ3) is 4.41. The third-order valence-electron chi connectivity index (χ3n) is 3.89. The summed E-state index contributed by atoms with van der Waals surface area (Å²) in [5, 5.41) is 25.0. The van der Waals surface area contributed by atoms with Gasteiger partial charge in [0.1, 0.15) is 22.0 Å². The van der Waals surface area contributed by atoms with Gasteiger partial charge >= 0.3 is 0 Å². The van der Waals surface area contributed by atoms with E-state index in [1.165, 1.54) is 17.8 Å². The number of thioether (sulfide) groups is 1. The molecule has 2 heterocycles. The number of rotatable bonds is 6. The molecule has 2 atom stereocenters. The number of oxime groups is 1. The van der Waals surface area contributed by atoms with Crippen molar-refractivity contribution in [3.63, 3.8) is 0 Å². The van der Waals surface area contributed by atoms with Crippen molar-refractivity contribution in [1.82, 2.24) is 10.3 Å². The first kappa shape index (κ1) is 19.0. The molecule has 0 spiro atoms. The minimum Gasteiger partial charge on any atom is -0.508 e. The maximum Gasteiger partial charge on any atom is 0.251 e. The average molecular weight is 366 g/mol. The molecule has 1 aromatic heterocycles. The van der Waals surface area contributed by atoms with Crippen LogP contribution in [0.5, 0.6) is 5.75 Å². The first-order chi connectivity index (χ1) is 11.8. The topological polar surface area (TPSA) is 127 Å². The molecule has 0 bridgehead atoms. The predicted molar refractivity (Wildman–Crippen MR) is 97.7 cm³/mol. The number of aliphatic imine (C=N–C) groups is 1. The Hall–Kier alpha value is -2.29. The van der Waals surface area contributed by atoms with Crippen molar-refractivity contribution < 1.29 is 15.1 Å². The average Bonchev–Trinajstić information content (AvgIpc) is 2.96. The van der Waals surface area contributed by atoms with Gasteiger partial charge in [-0.1, -0.05) is 18.5 Å². The molecule has 2 rings (SSSR count). The maximum atomic E-state index is 12.8. The van der Waals surface area contributed by atoms with E-state index in [4.69, 9.17) is 5.21 Å². The number of aromatic nitrogens is 1. The number of amides is 1. The van der Waals surface area contributed by atoms with Gasteiger partial charge in [-0.15, -0.1) is 11.8 Å². The van der Waals surface area contributed by atoms with Gasteiger partial charge in [-0.2, -0.15) is 0 Å². The van der Waals surface area contributed by atoms with Crippen LogP contribution in [0.3, 0.4) is 0 Å². The Morgan fingerprint density at radius 1 is 1.56 bits per heavy atom. The summed E-state index contributed by atoms with van der Waals surface area (Å²) < 4.78 is 0. The Morgan fingerprint density at radius 3 is 2.88 bits per heavy atom. The Labute approximate surface area is 149 Å². The third-order valence-corrected chi connectivity index (χ3v) is 5.26. The predicted octanol–water partition coefficient (Wildman–Crippen LogP) is 1.79. The smallest absolute Gasteiger partial charge is 0.251 e. The van der Waals surface area contributed by atoms with E-state index in [0.717, 1.165) is 12.5 Å². The molecule has 0 radical (unpaired) electrons. The summed E-state index contributed by atoms with van der Waals surface area (Å²) in [6.07, 6.45) is 1.38. The molecule has 1 aromatic rings. The van der Waals surface area contributed by atoms with Gasteiger partial charge in [0, 0.05) is 23.6 Å². The largest absolute Gasteiger partial charge is 0.508 e. The van der Waals surface area contributed by atoms with Crippen molar-refractivity contribution in [1.29, 1.82) is 0 Å². The first-order valence-electron chi connectivity index (χ1n) is 7.95. The number of nitrogens with zero attached hydrogens (tertiary/aromatic N) is 2. The van der Waals surface area contributed by atoms with Gasteiger partial charge in [0.15, 0.2) is 0 Å². The van der Waals surface area contributed by atoms with Gasteiger partial charge in [-0.3, -0.25) is 14.6 Å². The fourth-order valence-electron chi connectivity index (χ4n) is 2.49. The molecular formula is C16H22N4O4S. The molecule has 1 amide bonds. The van der Waals surface area contributed by atoms with Gasteiger partial charge in [-0.25, -0.2) is 0 Å². The van der Waals surface area contributed by atoms with E-state index in [2.05, 4.69) is 20.4 Å². The SMILES string of the molecule is CCC[C@@H](NC(=O)[C@]1(C)CSC(/C(C)=N/O)=N1)c1cc(O)cc(=O)[nH]1.